The summed E-state index contributed by atoms with van der Waals surface area (Å²) >= 11 is 19.0. The van der Waals surface area contributed by atoms with Gasteiger partial charge >= 0.3 is 0 Å². The second kappa shape index (κ2) is 7.84. The Morgan fingerprint density at radius 2 is 1.07 bits per heavy atom. The second-order valence-electron chi connectivity index (χ2n) is 6.59. The molecule has 27 heavy (non-hydrogen) atoms. The molecule has 2 bridgehead atoms. The molecular weight excluding hydrogens is 680 g/mol. The molecule has 0 spiro atoms. The minimum Gasteiger partial charge on any atom is -0.0813 e. The third-order valence-corrected chi connectivity index (χ3v) is 18.2. The van der Waals surface area contributed by atoms with Gasteiger partial charge in [0.1, 0.15) is 3.23 Å². The van der Waals surface area contributed by atoms with Crippen molar-refractivity contribution in [2.24, 2.45) is 0 Å². The predicted molar refractivity (Wildman–Crippen MR) is 138 cm³/mol. The number of benzene rings is 3. The molecule has 0 fully saturated rings. The van der Waals surface area contributed by atoms with Gasteiger partial charge in [-0.25, -0.2) is 0 Å². The lowest BCUT2D eigenvalue weighted by Gasteiger charge is -2.48. The summed E-state index contributed by atoms with van der Waals surface area (Å²) in [4.78, 5) is 0.105. The Bertz CT molecular complexity index is 893. The van der Waals surface area contributed by atoms with E-state index in [9.17, 15) is 0 Å². The molecule has 0 saturated carbocycles. The zero-order valence-electron chi connectivity index (χ0n) is 14.1. The van der Waals surface area contributed by atoms with Gasteiger partial charge in [-0.15, -0.1) is 0 Å². The fraction of sp³-hybridized carbons (Fsp3) is 0.143. The summed E-state index contributed by atoms with van der Waals surface area (Å²) in [6.45, 7) is 0. The zero-order chi connectivity index (χ0) is 19.2. The summed E-state index contributed by atoms with van der Waals surface area (Å²) in [6.07, 6.45) is 0. The summed E-state index contributed by atoms with van der Waals surface area (Å²) in [6, 6.07) is 28.8. The molecule has 3 aromatic carbocycles. The SMILES string of the molecule is BrC(Br)C(Br)(Br)C(Br)c1c2cccc1[Si]2(c1ccccc1)c1ccccc1. The molecule has 0 amide bonds. The molecule has 138 valence electrons. The van der Waals surface area contributed by atoms with Gasteiger partial charge < -0.3 is 0 Å². The molecular formula is C21H15Br5Si. The Balaban J connectivity index is 1.94. The van der Waals surface area contributed by atoms with Crippen LogP contribution >= 0.6 is 79.6 Å². The fourth-order valence-electron chi connectivity index (χ4n) is 4.04. The van der Waals surface area contributed by atoms with E-state index in [1.54, 1.807) is 0 Å². The molecule has 3 aromatic rings. The van der Waals surface area contributed by atoms with Gasteiger partial charge in [-0.2, -0.15) is 0 Å². The van der Waals surface area contributed by atoms with E-state index in [4.69, 9.17) is 0 Å². The average Bonchev–Trinajstić information content (AvgIpc) is 2.70. The summed E-state index contributed by atoms with van der Waals surface area (Å²) in [5.74, 6) is 0. The Kier molecular flexibility index (Phi) is 5.97. The van der Waals surface area contributed by atoms with E-state index in [2.05, 4.69) is 159 Å². The summed E-state index contributed by atoms with van der Waals surface area (Å²) in [7, 11) is -2.13. The van der Waals surface area contributed by atoms with E-state index < -0.39 is 8.07 Å². The molecule has 6 heteroatoms. The van der Waals surface area contributed by atoms with Crippen molar-refractivity contribution >= 4 is 108 Å². The van der Waals surface area contributed by atoms with E-state index in [0.29, 0.717) is 0 Å². The maximum absolute atomic E-state index is 3.97. The van der Waals surface area contributed by atoms with Crippen molar-refractivity contribution in [1.29, 1.82) is 0 Å². The van der Waals surface area contributed by atoms with E-state index in [1.807, 2.05) is 0 Å². The summed E-state index contributed by atoms with van der Waals surface area (Å²) in [5.41, 5.74) is 1.38. The lowest BCUT2D eigenvalue weighted by molar-refractivity contribution is 0.905. The van der Waals surface area contributed by atoms with Crippen LogP contribution in [0.25, 0.3) is 0 Å². The van der Waals surface area contributed by atoms with Gasteiger partial charge in [0.25, 0.3) is 0 Å². The minimum absolute atomic E-state index is 0.0606. The van der Waals surface area contributed by atoms with Crippen molar-refractivity contribution in [2.45, 2.75) is 11.8 Å². The van der Waals surface area contributed by atoms with Gasteiger partial charge in [0.05, 0.1) is 8.56 Å². The maximum atomic E-state index is 3.97. The molecule has 1 aliphatic heterocycles. The van der Waals surface area contributed by atoms with Crippen LogP contribution in [0.5, 0.6) is 0 Å². The van der Waals surface area contributed by atoms with Crippen molar-refractivity contribution in [1.82, 2.24) is 0 Å². The Morgan fingerprint density at radius 1 is 0.630 bits per heavy atom. The van der Waals surface area contributed by atoms with Gasteiger partial charge in [-0.3, -0.25) is 0 Å². The molecule has 1 heterocycles. The van der Waals surface area contributed by atoms with Crippen LogP contribution in [0.3, 0.4) is 0 Å². The van der Waals surface area contributed by atoms with Gasteiger partial charge in [0.15, 0.2) is 8.07 Å². The van der Waals surface area contributed by atoms with Crippen molar-refractivity contribution in [3.8, 4) is 0 Å². The lowest BCUT2D eigenvalue weighted by Crippen LogP contribution is -2.83. The fourth-order valence-corrected chi connectivity index (χ4v) is 12.0. The van der Waals surface area contributed by atoms with Gasteiger partial charge in [-0.1, -0.05) is 159 Å². The average molecular weight is 695 g/mol. The molecule has 0 saturated heterocycles. The van der Waals surface area contributed by atoms with Crippen molar-refractivity contribution < 1.29 is 0 Å². The summed E-state index contributed by atoms with van der Waals surface area (Å²) < 4.78 is -0.288. The highest BCUT2D eigenvalue weighted by Crippen LogP contribution is 2.52. The van der Waals surface area contributed by atoms with Gasteiger partial charge in [-0.05, 0) is 26.3 Å². The number of halogens is 5. The monoisotopic (exact) mass is 690 g/mol. The number of hydrogen-bond donors (Lipinski definition) is 0. The zero-order valence-corrected chi connectivity index (χ0v) is 23.0. The third-order valence-electron chi connectivity index (χ3n) is 5.21. The van der Waals surface area contributed by atoms with Crippen molar-refractivity contribution in [3.63, 3.8) is 0 Å². The van der Waals surface area contributed by atoms with E-state index in [1.165, 1.54) is 26.3 Å². The Morgan fingerprint density at radius 3 is 1.48 bits per heavy atom. The normalized spacial score (nSPS) is 16.1. The molecule has 1 atom stereocenters. The molecule has 0 aliphatic carbocycles. The maximum Gasteiger partial charge on any atom is 0.180 e. The first kappa shape index (κ1) is 20.5. The topological polar surface area (TPSA) is 0 Å². The Hall–Kier alpha value is 0.277. The smallest absolute Gasteiger partial charge is 0.0813 e. The first-order valence-corrected chi connectivity index (χ1v) is 14.8. The number of hydrogen-bond acceptors (Lipinski definition) is 0. The third kappa shape index (κ3) is 3.14. The highest BCUT2D eigenvalue weighted by atomic mass is 79.9. The summed E-state index contributed by atoms with van der Waals surface area (Å²) in [5, 5.41) is 5.83. The number of alkyl halides is 5. The Labute approximate surface area is 202 Å². The quantitative estimate of drug-likeness (QED) is 0.194. The van der Waals surface area contributed by atoms with Crippen LogP contribution in [0, 0.1) is 0 Å². The highest BCUT2D eigenvalue weighted by Gasteiger charge is 2.55. The van der Waals surface area contributed by atoms with Crippen LogP contribution in [0.1, 0.15) is 10.4 Å². The van der Waals surface area contributed by atoms with Gasteiger partial charge in [0.2, 0.25) is 0 Å². The van der Waals surface area contributed by atoms with E-state index in [0.717, 1.165) is 0 Å². The molecule has 1 unspecified atom stereocenters. The largest absolute Gasteiger partial charge is 0.180 e. The van der Waals surface area contributed by atoms with Crippen LogP contribution in [-0.2, 0) is 0 Å². The molecule has 0 aromatic heterocycles. The van der Waals surface area contributed by atoms with Crippen LogP contribution < -0.4 is 20.7 Å². The van der Waals surface area contributed by atoms with Gasteiger partial charge in [0, 0.05) is 0 Å². The van der Waals surface area contributed by atoms with Crippen LogP contribution in [-0.4, -0.2) is 15.0 Å². The molecule has 4 rings (SSSR count). The molecule has 0 radical (unpaired) electrons. The van der Waals surface area contributed by atoms with Crippen LogP contribution in [0.4, 0.5) is 0 Å². The van der Waals surface area contributed by atoms with E-state index in [-0.39, 0.29) is 11.8 Å². The number of rotatable bonds is 5. The molecule has 1 aliphatic rings. The van der Waals surface area contributed by atoms with Crippen molar-refractivity contribution in [3.05, 3.63) is 84.4 Å². The van der Waals surface area contributed by atoms with Crippen molar-refractivity contribution in [2.75, 3.05) is 0 Å². The molecule has 0 nitrogen and oxygen atoms in total. The van der Waals surface area contributed by atoms with E-state index >= 15 is 0 Å². The molecule has 0 N–H and O–H groups in total. The first-order chi connectivity index (χ1) is 12.9. The standard InChI is InChI=1S/C21H15Br5Si/c22-19(21(25,26)20(23)24)18-16-12-7-13-17(18)27(16,14-8-3-1-4-9-14)15-10-5-2-6-11-15/h1-13,19-20H. The minimum atomic E-state index is -2.13. The predicted octanol–water partition coefficient (Wildman–Crippen LogP) is 5.42. The first-order valence-electron chi connectivity index (χ1n) is 8.46. The highest BCUT2D eigenvalue weighted by molar-refractivity contribution is 9.30. The number of fused-ring (bicyclic) bond motifs is 2. The lowest BCUT2D eigenvalue weighted by atomic mass is 10.1. The van der Waals surface area contributed by atoms with Crippen LogP contribution in [0.15, 0.2) is 78.9 Å². The van der Waals surface area contributed by atoms with Crippen LogP contribution in [0.2, 0.25) is 0 Å². The second-order valence-corrected chi connectivity index (χ2v) is 18.0.